The quantitative estimate of drug-likeness (QED) is 0.880. The van der Waals surface area contributed by atoms with E-state index in [-0.39, 0.29) is 11.9 Å². The van der Waals surface area contributed by atoms with Gasteiger partial charge in [-0.05, 0) is 36.6 Å². The first-order valence-electron chi connectivity index (χ1n) is 6.86. The van der Waals surface area contributed by atoms with E-state index in [1.807, 2.05) is 37.1 Å². The first-order chi connectivity index (χ1) is 9.60. The van der Waals surface area contributed by atoms with Crippen molar-refractivity contribution >= 4 is 5.69 Å². The maximum absolute atomic E-state index is 14.2. The zero-order valence-electron chi connectivity index (χ0n) is 12.0. The van der Waals surface area contributed by atoms with Gasteiger partial charge in [0.05, 0.1) is 18.2 Å². The van der Waals surface area contributed by atoms with Crippen LogP contribution in [0.4, 0.5) is 10.1 Å². The van der Waals surface area contributed by atoms with Crippen LogP contribution in [0.2, 0.25) is 0 Å². The fourth-order valence-corrected chi connectivity index (χ4v) is 2.18. The van der Waals surface area contributed by atoms with Gasteiger partial charge in [-0.25, -0.2) is 4.39 Å². The average molecular weight is 276 g/mol. The third-order valence-electron chi connectivity index (χ3n) is 3.45. The second-order valence-electron chi connectivity index (χ2n) is 5.15. The van der Waals surface area contributed by atoms with Gasteiger partial charge in [-0.3, -0.25) is 0 Å². The van der Waals surface area contributed by atoms with E-state index in [0.717, 1.165) is 17.5 Å². The molecule has 0 aliphatic heterocycles. The Bertz CT molecular complexity index is 539. The molecule has 0 bridgehead atoms. The molecule has 108 valence electrons. The van der Waals surface area contributed by atoms with E-state index in [1.54, 1.807) is 18.6 Å². The minimum Gasteiger partial charge on any atom is -0.472 e. The SMILES string of the molecule is CCC(N)Cc1ccc(N(C)Cc2ccoc2)c(F)c1. The van der Waals surface area contributed by atoms with Crippen molar-refractivity contribution in [3.63, 3.8) is 0 Å². The second-order valence-corrected chi connectivity index (χ2v) is 5.15. The van der Waals surface area contributed by atoms with Gasteiger partial charge < -0.3 is 15.1 Å². The van der Waals surface area contributed by atoms with Crippen LogP contribution in [0.15, 0.2) is 41.2 Å². The van der Waals surface area contributed by atoms with Crippen molar-refractivity contribution in [3.8, 4) is 0 Å². The molecule has 0 amide bonds. The third-order valence-corrected chi connectivity index (χ3v) is 3.45. The highest BCUT2D eigenvalue weighted by atomic mass is 19.1. The van der Waals surface area contributed by atoms with Crippen LogP contribution in [0.5, 0.6) is 0 Å². The Kier molecular flexibility index (Phi) is 4.79. The summed E-state index contributed by atoms with van der Waals surface area (Å²) in [5.74, 6) is -0.211. The average Bonchev–Trinajstić information content (AvgIpc) is 2.91. The maximum Gasteiger partial charge on any atom is 0.146 e. The van der Waals surface area contributed by atoms with Crippen molar-refractivity contribution < 1.29 is 8.81 Å². The predicted molar refractivity (Wildman–Crippen MR) is 79.2 cm³/mol. The summed E-state index contributed by atoms with van der Waals surface area (Å²) in [6.07, 6.45) is 4.89. The monoisotopic (exact) mass is 276 g/mol. The molecule has 1 aromatic heterocycles. The van der Waals surface area contributed by atoms with E-state index < -0.39 is 0 Å². The fourth-order valence-electron chi connectivity index (χ4n) is 2.18. The van der Waals surface area contributed by atoms with E-state index in [9.17, 15) is 4.39 Å². The number of benzene rings is 1. The lowest BCUT2D eigenvalue weighted by atomic mass is 10.0. The van der Waals surface area contributed by atoms with Crippen LogP contribution in [0.25, 0.3) is 0 Å². The zero-order chi connectivity index (χ0) is 14.5. The molecule has 1 aromatic carbocycles. The number of nitrogens with zero attached hydrogens (tertiary/aromatic N) is 1. The molecule has 3 nitrogen and oxygen atoms in total. The Morgan fingerprint density at radius 3 is 2.70 bits per heavy atom. The van der Waals surface area contributed by atoms with E-state index in [4.69, 9.17) is 10.2 Å². The number of hydrogen-bond donors (Lipinski definition) is 1. The summed E-state index contributed by atoms with van der Waals surface area (Å²) in [6.45, 7) is 2.65. The summed E-state index contributed by atoms with van der Waals surface area (Å²) in [7, 11) is 1.86. The summed E-state index contributed by atoms with van der Waals surface area (Å²) in [5, 5.41) is 0. The van der Waals surface area contributed by atoms with E-state index in [2.05, 4.69) is 0 Å². The van der Waals surface area contributed by atoms with E-state index in [1.165, 1.54) is 0 Å². The van der Waals surface area contributed by atoms with Crippen molar-refractivity contribution in [1.29, 1.82) is 0 Å². The summed E-state index contributed by atoms with van der Waals surface area (Å²) in [6, 6.07) is 7.30. The normalized spacial score (nSPS) is 12.4. The van der Waals surface area contributed by atoms with Gasteiger partial charge in [-0.15, -0.1) is 0 Å². The Morgan fingerprint density at radius 1 is 1.30 bits per heavy atom. The molecule has 0 saturated carbocycles. The van der Waals surface area contributed by atoms with Gasteiger partial charge in [0.1, 0.15) is 5.82 Å². The topological polar surface area (TPSA) is 42.4 Å². The third kappa shape index (κ3) is 3.61. The number of furan rings is 1. The smallest absolute Gasteiger partial charge is 0.146 e. The highest BCUT2D eigenvalue weighted by molar-refractivity contribution is 5.49. The van der Waals surface area contributed by atoms with Gasteiger partial charge in [-0.1, -0.05) is 13.0 Å². The molecule has 2 rings (SSSR count). The lowest BCUT2D eigenvalue weighted by Crippen LogP contribution is -2.22. The van der Waals surface area contributed by atoms with E-state index >= 15 is 0 Å². The number of halogens is 1. The van der Waals surface area contributed by atoms with Crippen molar-refractivity contribution in [2.24, 2.45) is 5.73 Å². The molecular weight excluding hydrogens is 255 g/mol. The molecule has 0 spiro atoms. The molecule has 1 unspecified atom stereocenters. The Labute approximate surface area is 119 Å². The van der Waals surface area contributed by atoms with Crippen molar-refractivity contribution in [2.75, 3.05) is 11.9 Å². The van der Waals surface area contributed by atoms with Crippen LogP contribution in [0.3, 0.4) is 0 Å². The second kappa shape index (κ2) is 6.57. The molecular formula is C16H21FN2O. The molecule has 4 heteroatoms. The molecule has 2 aromatic rings. The standard InChI is InChI=1S/C16H21FN2O/c1-3-14(18)8-12-4-5-16(15(17)9-12)19(2)10-13-6-7-20-11-13/h4-7,9,11,14H,3,8,10,18H2,1-2H3. The molecule has 0 aliphatic carbocycles. The summed E-state index contributed by atoms with van der Waals surface area (Å²) < 4.78 is 19.2. The van der Waals surface area contributed by atoms with Crippen LogP contribution < -0.4 is 10.6 Å². The molecule has 2 N–H and O–H groups in total. The Hall–Kier alpha value is -1.81. The van der Waals surface area contributed by atoms with Gasteiger partial charge in [0.25, 0.3) is 0 Å². The zero-order valence-corrected chi connectivity index (χ0v) is 12.0. The highest BCUT2D eigenvalue weighted by Crippen LogP contribution is 2.22. The van der Waals surface area contributed by atoms with Gasteiger partial charge in [0.15, 0.2) is 0 Å². The summed E-state index contributed by atoms with van der Waals surface area (Å²) >= 11 is 0. The minimum atomic E-state index is -0.211. The molecule has 20 heavy (non-hydrogen) atoms. The van der Waals surface area contributed by atoms with Crippen LogP contribution >= 0.6 is 0 Å². The molecule has 1 heterocycles. The number of nitrogens with two attached hydrogens (primary N) is 1. The van der Waals surface area contributed by atoms with Crippen LogP contribution in [0.1, 0.15) is 24.5 Å². The highest BCUT2D eigenvalue weighted by Gasteiger charge is 2.10. The van der Waals surface area contributed by atoms with Gasteiger partial charge >= 0.3 is 0 Å². The molecule has 0 aliphatic rings. The fraction of sp³-hybridized carbons (Fsp3) is 0.375. The summed E-state index contributed by atoms with van der Waals surface area (Å²) in [5.41, 5.74) is 8.44. The van der Waals surface area contributed by atoms with Crippen LogP contribution in [-0.2, 0) is 13.0 Å². The first-order valence-corrected chi connectivity index (χ1v) is 6.86. The minimum absolute atomic E-state index is 0.0870. The Balaban J connectivity index is 2.08. The first kappa shape index (κ1) is 14.6. The number of hydrogen-bond acceptors (Lipinski definition) is 3. The predicted octanol–water partition coefficient (Wildman–Crippen LogP) is 3.33. The number of anilines is 1. The maximum atomic E-state index is 14.2. The largest absolute Gasteiger partial charge is 0.472 e. The van der Waals surface area contributed by atoms with Crippen molar-refractivity contribution in [1.82, 2.24) is 0 Å². The molecule has 0 fully saturated rings. The van der Waals surface area contributed by atoms with Crippen LogP contribution in [0, 0.1) is 5.82 Å². The lowest BCUT2D eigenvalue weighted by molar-refractivity contribution is 0.563. The molecule has 0 saturated heterocycles. The molecule has 1 atom stereocenters. The van der Waals surface area contributed by atoms with Gasteiger partial charge in [0, 0.05) is 25.2 Å². The van der Waals surface area contributed by atoms with Gasteiger partial charge in [0.2, 0.25) is 0 Å². The van der Waals surface area contributed by atoms with Crippen LogP contribution in [-0.4, -0.2) is 13.1 Å². The lowest BCUT2D eigenvalue weighted by Gasteiger charge is -2.20. The Morgan fingerprint density at radius 2 is 2.10 bits per heavy atom. The van der Waals surface area contributed by atoms with E-state index in [0.29, 0.717) is 18.7 Å². The van der Waals surface area contributed by atoms with Crippen molar-refractivity contribution in [3.05, 3.63) is 53.7 Å². The van der Waals surface area contributed by atoms with Gasteiger partial charge in [-0.2, -0.15) is 0 Å². The summed E-state index contributed by atoms with van der Waals surface area (Å²) in [4.78, 5) is 1.86. The molecule has 0 radical (unpaired) electrons. The van der Waals surface area contributed by atoms with Crippen molar-refractivity contribution in [2.45, 2.75) is 32.4 Å². The number of rotatable bonds is 6.